The molecule has 106 valence electrons. The quantitative estimate of drug-likeness (QED) is 0.606. The molecule has 0 aliphatic carbocycles. The van der Waals surface area contributed by atoms with Crippen molar-refractivity contribution in [2.24, 2.45) is 0 Å². The second-order valence-electron chi connectivity index (χ2n) is 6.29. The summed E-state index contributed by atoms with van der Waals surface area (Å²) in [6, 6.07) is 10.8. The zero-order valence-corrected chi connectivity index (χ0v) is 13.6. The lowest BCUT2D eigenvalue weighted by Crippen LogP contribution is -2.42. The van der Waals surface area contributed by atoms with Gasteiger partial charge in [-0.15, -0.1) is 0 Å². The van der Waals surface area contributed by atoms with Crippen LogP contribution in [-0.4, -0.2) is 25.4 Å². The predicted molar refractivity (Wildman–Crippen MR) is 84.0 cm³/mol. The Balaban J connectivity index is 2.95. The van der Waals surface area contributed by atoms with Gasteiger partial charge in [0.1, 0.15) is 11.4 Å². The molecule has 0 fully saturated rings. The third-order valence-electron chi connectivity index (χ3n) is 3.00. The topological polar surface area (TPSA) is 29.5 Å². The lowest BCUT2D eigenvalue weighted by atomic mass is 9.94. The van der Waals surface area contributed by atoms with Crippen LogP contribution in [0.1, 0.15) is 12.5 Å². The number of rotatable bonds is 7. The van der Waals surface area contributed by atoms with E-state index in [2.05, 4.69) is 26.2 Å². The van der Waals surface area contributed by atoms with Crippen molar-refractivity contribution in [1.82, 2.24) is 0 Å². The minimum absolute atomic E-state index is 0.501. The molecule has 19 heavy (non-hydrogen) atoms. The summed E-state index contributed by atoms with van der Waals surface area (Å²) in [6.07, 6.45) is 0.566. The molecule has 0 bridgehead atoms. The molecule has 1 rings (SSSR count). The summed E-state index contributed by atoms with van der Waals surface area (Å²) in [6.45, 7) is 13.2. The van der Waals surface area contributed by atoms with E-state index in [0.29, 0.717) is 18.8 Å². The van der Waals surface area contributed by atoms with E-state index in [9.17, 15) is 5.11 Å². The maximum absolute atomic E-state index is 11.0. The Morgan fingerprint density at radius 1 is 1.26 bits per heavy atom. The Hall–Kier alpha value is -1.06. The molecule has 1 atom stereocenters. The monoisotopic (exact) mass is 278 g/mol. The van der Waals surface area contributed by atoms with Gasteiger partial charge >= 0.3 is 0 Å². The molecule has 1 aromatic rings. The molecule has 0 saturated carbocycles. The Labute approximate surface area is 118 Å². The summed E-state index contributed by atoms with van der Waals surface area (Å²) in [7, 11) is -1.43. The first kappa shape index (κ1) is 16.0. The second kappa shape index (κ2) is 6.39. The average molecular weight is 278 g/mol. The molecule has 0 saturated heterocycles. The van der Waals surface area contributed by atoms with Crippen LogP contribution < -0.4 is 0 Å². The van der Waals surface area contributed by atoms with Gasteiger partial charge in [-0.3, -0.25) is 0 Å². The van der Waals surface area contributed by atoms with Crippen molar-refractivity contribution in [2.45, 2.75) is 44.6 Å². The van der Waals surface area contributed by atoms with Crippen molar-refractivity contribution < 1.29 is 9.84 Å². The van der Waals surface area contributed by atoms with Crippen molar-refractivity contribution in [3.05, 3.63) is 48.2 Å². The van der Waals surface area contributed by atoms with Crippen LogP contribution in [-0.2, 0) is 11.2 Å². The number of aliphatic hydroxyl groups is 1. The molecular weight excluding hydrogens is 252 g/mol. The highest BCUT2D eigenvalue weighted by molar-refractivity contribution is 6.76. The maximum atomic E-state index is 11.0. The largest absolute Gasteiger partial charge is 0.496 e. The summed E-state index contributed by atoms with van der Waals surface area (Å²) < 4.78 is 5.50. The molecule has 3 heteroatoms. The second-order valence-corrected chi connectivity index (χ2v) is 11.8. The van der Waals surface area contributed by atoms with Gasteiger partial charge in [0.2, 0.25) is 0 Å². The summed E-state index contributed by atoms with van der Waals surface area (Å²) in [4.78, 5) is 0. The van der Waals surface area contributed by atoms with Gasteiger partial charge in [-0.05, 0) is 18.5 Å². The number of ether oxygens (including phenoxy) is 1. The van der Waals surface area contributed by atoms with E-state index in [1.165, 1.54) is 0 Å². The zero-order valence-electron chi connectivity index (χ0n) is 12.6. The van der Waals surface area contributed by atoms with Gasteiger partial charge in [0.05, 0.1) is 6.61 Å². The normalized spacial score (nSPS) is 14.8. The van der Waals surface area contributed by atoms with Crippen molar-refractivity contribution in [1.29, 1.82) is 0 Å². The third-order valence-corrected chi connectivity index (χ3v) is 4.65. The molecule has 1 unspecified atom stereocenters. The smallest absolute Gasteiger partial charge is 0.123 e. The first-order chi connectivity index (χ1) is 8.77. The first-order valence-electron chi connectivity index (χ1n) is 6.85. The summed E-state index contributed by atoms with van der Waals surface area (Å²) >= 11 is 0. The maximum Gasteiger partial charge on any atom is 0.123 e. The lowest BCUT2D eigenvalue weighted by Gasteiger charge is -2.34. The van der Waals surface area contributed by atoms with Crippen LogP contribution >= 0.6 is 0 Å². The van der Waals surface area contributed by atoms with Gasteiger partial charge in [0.25, 0.3) is 0 Å². The molecule has 0 radical (unpaired) electrons. The number of benzene rings is 1. The van der Waals surface area contributed by atoms with E-state index in [4.69, 9.17) is 4.74 Å². The van der Waals surface area contributed by atoms with Crippen LogP contribution in [0, 0.1) is 0 Å². The fourth-order valence-electron chi connectivity index (χ4n) is 2.38. The molecular formula is C16H26O2Si. The van der Waals surface area contributed by atoms with E-state index in [0.717, 1.165) is 11.6 Å². The molecule has 0 spiro atoms. The Kier molecular flexibility index (Phi) is 5.38. The molecule has 1 N–H and O–H groups in total. The highest BCUT2D eigenvalue weighted by atomic mass is 28.3. The molecule has 1 aromatic carbocycles. The molecule has 0 heterocycles. The van der Waals surface area contributed by atoms with Crippen LogP contribution in [0.15, 0.2) is 42.7 Å². The predicted octanol–water partition coefficient (Wildman–Crippen LogP) is 3.85. The van der Waals surface area contributed by atoms with Gasteiger partial charge in [-0.25, -0.2) is 0 Å². The molecule has 0 aromatic heterocycles. The average Bonchev–Trinajstić information content (AvgIpc) is 2.28. The van der Waals surface area contributed by atoms with Crippen molar-refractivity contribution >= 4 is 8.07 Å². The SMILES string of the molecule is C=C(OCC)C(O)(Cc1ccccc1)C[Si](C)(C)C. The molecule has 0 aliphatic rings. The van der Waals surface area contributed by atoms with Gasteiger partial charge in [0, 0.05) is 14.5 Å². The van der Waals surface area contributed by atoms with E-state index in [-0.39, 0.29) is 0 Å². The molecule has 0 aliphatic heterocycles. The lowest BCUT2D eigenvalue weighted by molar-refractivity contribution is 0.0279. The number of hydrogen-bond acceptors (Lipinski definition) is 2. The zero-order chi connectivity index (χ0) is 14.5. The van der Waals surface area contributed by atoms with Gasteiger partial charge in [-0.2, -0.15) is 0 Å². The standard InChI is InChI=1S/C16H26O2Si/c1-6-18-14(2)16(17,13-19(3,4)5)12-15-10-8-7-9-11-15/h7-11,17H,2,6,12-13H2,1,3-5H3. The molecule has 0 amide bonds. The fraction of sp³-hybridized carbons (Fsp3) is 0.500. The van der Waals surface area contributed by atoms with Crippen molar-refractivity contribution in [3.8, 4) is 0 Å². The summed E-state index contributed by atoms with van der Waals surface area (Å²) in [5, 5.41) is 11.0. The Morgan fingerprint density at radius 3 is 2.32 bits per heavy atom. The van der Waals surface area contributed by atoms with Crippen LogP contribution in [0.3, 0.4) is 0 Å². The summed E-state index contributed by atoms with van der Waals surface area (Å²) in [5.74, 6) is 0.501. The molecule has 2 nitrogen and oxygen atoms in total. The Bertz CT molecular complexity index is 409. The van der Waals surface area contributed by atoms with Crippen LogP contribution in [0.25, 0.3) is 0 Å². The van der Waals surface area contributed by atoms with E-state index >= 15 is 0 Å². The van der Waals surface area contributed by atoms with Crippen LogP contribution in [0.5, 0.6) is 0 Å². The highest BCUT2D eigenvalue weighted by Crippen LogP contribution is 2.31. The van der Waals surface area contributed by atoms with Crippen molar-refractivity contribution in [3.63, 3.8) is 0 Å². The Morgan fingerprint density at radius 2 is 1.84 bits per heavy atom. The van der Waals surface area contributed by atoms with E-state index in [1.54, 1.807) is 0 Å². The minimum Gasteiger partial charge on any atom is -0.496 e. The fourth-order valence-corrected chi connectivity index (χ4v) is 4.46. The van der Waals surface area contributed by atoms with E-state index < -0.39 is 13.7 Å². The van der Waals surface area contributed by atoms with Gasteiger partial charge < -0.3 is 9.84 Å². The highest BCUT2D eigenvalue weighted by Gasteiger charge is 2.37. The van der Waals surface area contributed by atoms with Crippen LogP contribution in [0.4, 0.5) is 0 Å². The van der Waals surface area contributed by atoms with Crippen LogP contribution in [0.2, 0.25) is 25.7 Å². The third kappa shape index (κ3) is 5.21. The van der Waals surface area contributed by atoms with Gasteiger partial charge in [0.15, 0.2) is 0 Å². The minimum atomic E-state index is -1.43. The first-order valence-corrected chi connectivity index (χ1v) is 10.6. The van der Waals surface area contributed by atoms with Gasteiger partial charge in [-0.1, -0.05) is 56.6 Å². The van der Waals surface area contributed by atoms with Crippen molar-refractivity contribution in [2.75, 3.05) is 6.61 Å². The number of hydrogen-bond donors (Lipinski definition) is 1. The summed E-state index contributed by atoms with van der Waals surface area (Å²) in [5.41, 5.74) is 0.158. The van der Waals surface area contributed by atoms with E-state index in [1.807, 2.05) is 37.3 Å².